The second-order valence-corrected chi connectivity index (χ2v) is 13.1. The number of halogens is 12. The summed E-state index contributed by atoms with van der Waals surface area (Å²) in [4.78, 5) is 0. The third kappa shape index (κ3) is 8.87. The van der Waals surface area contributed by atoms with E-state index < -0.39 is 74.7 Å². The van der Waals surface area contributed by atoms with E-state index in [1.54, 1.807) is 0 Å². The van der Waals surface area contributed by atoms with Crippen LogP contribution < -0.4 is 40.2 Å². The lowest BCUT2D eigenvalue weighted by Crippen LogP contribution is -2.19. The number of ether oxygens (including phenoxy) is 4. The molecule has 0 N–H and O–H groups in total. The van der Waals surface area contributed by atoms with Crippen molar-refractivity contribution in [2.24, 2.45) is 0 Å². The molecular formula is C32H24F12O4P2. The topological polar surface area (TPSA) is 36.9 Å². The van der Waals surface area contributed by atoms with E-state index in [1.807, 2.05) is 0 Å². The molecule has 0 saturated heterocycles. The molecule has 0 fully saturated rings. The molecule has 0 bridgehead atoms. The highest BCUT2D eigenvalue weighted by Crippen LogP contribution is 2.44. The Labute approximate surface area is 280 Å². The molecule has 0 aromatic heterocycles. The number of methoxy groups -OCH3 is 4. The maximum absolute atomic E-state index is 13.7. The average Bonchev–Trinajstić information content (AvgIpc) is 3.02. The molecule has 18 heteroatoms. The lowest BCUT2D eigenvalue weighted by Gasteiger charge is -2.23. The Kier molecular flexibility index (Phi) is 11.2. The van der Waals surface area contributed by atoms with Crippen LogP contribution in [-0.4, -0.2) is 28.4 Å². The quantitative estimate of drug-likeness (QED) is 0.126. The molecule has 270 valence electrons. The van der Waals surface area contributed by atoms with Crippen molar-refractivity contribution in [3.8, 4) is 34.1 Å². The summed E-state index contributed by atoms with van der Waals surface area (Å²) in [6, 6.07) is 7.39. The number of rotatable bonds is 9. The van der Waals surface area contributed by atoms with Crippen LogP contribution >= 0.6 is 17.2 Å². The molecule has 2 atom stereocenters. The molecule has 4 rings (SSSR count). The van der Waals surface area contributed by atoms with Gasteiger partial charge in [-0.25, -0.2) is 0 Å². The van der Waals surface area contributed by atoms with Crippen molar-refractivity contribution in [2.75, 3.05) is 28.4 Å². The second kappa shape index (κ2) is 14.4. The van der Waals surface area contributed by atoms with Gasteiger partial charge < -0.3 is 18.9 Å². The Morgan fingerprint density at radius 3 is 0.880 bits per heavy atom. The van der Waals surface area contributed by atoms with Crippen LogP contribution in [0.3, 0.4) is 0 Å². The van der Waals surface area contributed by atoms with E-state index in [9.17, 15) is 52.7 Å². The highest BCUT2D eigenvalue weighted by molar-refractivity contribution is 7.56. The van der Waals surface area contributed by atoms with Gasteiger partial charge in [0.15, 0.2) is 0 Å². The van der Waals surface area contributed by atoms with Crippen molar-refractivity contribution < 1.29 is 71.6 Å². The first-order valence-electron chi connectivity index (χ1n) is 13.7. The van der Waals surface area contributed by atoms with Gasteiger partial charge in [-0.3, -0.25) is 0 Å². The number of alkyl halides is 12. The van der Waals surface area contributed by atoms with Gasteiger partial charge in [-0.1, -0.05) is 17.2 Å². The van der Waals surface area contributed by atoms with Gasteiger partial charge in [0.05, 0.1) is 50.7 Å². The summed E-state index contributed by atoms with van der Waals surface area (Å²) in [7, 11) is 2.96. The number of hydrogen-bond acceptors (Lipinski definition) is 4. The summed E-state index contributed by atoms with van der Waals surface area (Å²) in [6.07, 6.45) is -20.6. The Balaban J connectivity index is 2.05. The zero-order valence-corrected chi connectivity index (χ0v) is 27.9. The highest BCUT2D eigenvalue weighted by Gasteiger charge is 2.38. The summed E-state index contributed by atoms with van der Waals surface area (Å²) in [6.45, 7) is 0. The molecule has 0 heterocycles. The summed E-state index contributed by atoms with van der Waals surface area (Å²) < 4.78 is 186. The maximum Gasteiger partial charge on any atom is 0.416 e. The van der Waals surface area contributed by atoms with Crippen LogP contribution in [0.15, 0.2) is 60.7 Å². The Bertz CT molecular complexity index is 1670. The third-order valence-electron chi connectivity index (χ3n) is 7.05. The van der Waals surface area contributed by atoms with Crippen LogP contribution in [-0.2, 0) is 24.7 Å². The molecule has 0 amide bonds. The fourth-order valence-corrected chi connectivity index (χ4v) is 7.52. The van der Waals surface area contributed by atoms with E-state index in [-0.39, 0.29) is 56.9 Å². The molecule has 4 aromatic carbocycles. The van der Waals surface area contributed by atoms with Crippen LogP contribution in [0, 0.1) is 0 Å². The lowest BCUT2D eigenvalue weighted by molar-refractivity contribution is -0.144. The van der Waals surface area contributed by atoms with Crippen LogP contribution in [0.1, 0.15) is 22.3 Å². The Morgan fingerprint density at radius 2 is 0.660 bits per heavy atom. The fraction of sp³-hybridized carbons (Fsp3) is 0.250. The summed E-state index contributed by atoms with van der Waals surface area (Å²) in [5.41, 5.74) is -6.24. The minimum absolute atomic E-state index is 0.0163. The molecule has 0 aliphatic heterocycles. The average molecular weight is 762 g/mol. The van der Waals surface area contributed by atoms with Gasteiger partial charge in [0.2, 0.25) is 0 Å². The van der Waals surface area contributed by atoms with Crippen molar-refractivity contribution in [3.05, 3.63) is 82.9 Å². The standard InChI is InChI=1S/C32H24F12O4P2/c1-45-19-11-23(47-3)27(25(13-19)49-21-7-15(29(33,34)35)5-16(8-21)30(36,37)38)28-24(48-4)12-20(46-2)14-26(28)50-22-9-17(31(39,40)41)6-18(10-22)32(42,43)44/h5-14,49-50H,1-4H3. The molecule has 0 radical (unpaired) electrons. The predicted molar refractivity (Wildman–Crippen MR) is 166 cm³/mol. The van der Waals surface area contributed by atoms with Crippen LogP contribution in [0.25, 0.3) is 11.1 Å². The maximum atomic E-state index is 13.7. The van der Waals surface area contributed by atoms with E-state index in [0.717, 1.165) is 0 Å². The fourth-order valence-electron chi connectivity index (χ4n) is 4.82. The monoisotopic (exact) mass is 762 g/mol. The van der Waals surface area contributed by atoms with E-state index in [2.05, 4.69) is 0 Å². The Morgan fingerprint density at radius 1 is 0.380 bits per heavy atom. The van der Waals surface area contributed by atoms with Crippen molar-refractivity contribution in [1.29, 1.82) is 0 Å². The highest BCUT2D eigenvalue weighted by atomic mass is 31.1. The molecule has 0 aliphatic rings. The van der Waals surface area contributed by atoms with Crippen LogP contribution in [0.5, 0.6) is 23.0 Å². The van der Waals surface area contributed by atoms with Gasteiger partial charge in [-0.05, 0) is 69.7 Å². The predicted octanol–water partition coefficient (Wildman–Crippen LogP) is 8.72. The zero-order chi connectivity index (χ0) is 37.4. The molecule has 0 spiro atoms. The van der Waals surface area contributed by atoms with Gasteiger partial charge in [0.1, 0.15) is 23.0 Å². The van der Waals surface area contributed by atoms with Gasteiger partial charge in [-0.15, -0.1) is 0 Å². The van der Waals surface area contributed by atoms with Gasteiger partial charge >= 0.3 is 24.7 Å². The minimum atomic E-state index is -5.15. The lowest BCUT2D eigenvalue weighted by atomic mass is 10.0. The van der Waals surface area contributed by atoms with E-state index in [1.165, 1.54) is 52.7 Å². The van der Waals surface area contributed by atoms with E-state index >= 15 is 0 Å². The number of hydrogen-bond donors (Lipinski definition) is 0. The van der Waals surface area contributed by atoms with Crippen molar-refractivity contribution >= 4 is 38.4 Å². The SMILES string of the molecule is COc1cc(OC)c(-c2c(OC)cc(OC)cc2Pc2cc(C(F)(F)F)cc(C(F)(F)F)c2)c(Pc2cc(C(F)(F)F)cc(C(F)(F)F)c2)c1. The molecular weight excluding hydrogens is 738 g/mol. The Hall–Kier alpha value is -3.90. The van der Waals surface area contributed by atoms with Gasteiger partial charge in [-0.2, -0.15) is 52.7 Å². The molecule has 0 saturated carbocycles. The molecule has 4 nitrogen and oxygen atoms in total. The largest absolute Gasteiger partial charge is 0.497 e. The normalized spacial score (nSPS) is 13.0. The molecule has 0 aliphatic carbocycles. The van der Waals surface area contributed by atoms with Gasteiger partial charge in [0, 0.05) is 23.3 Å². The van der Waals surface area contributed by atoms with E-state index in [0.29, 0.717) is 24.3 Å². The molecule has 4 aromatic rings. The molecule has 50 heavy (non-hydrogen) atoms. The summed E-state index contributed by atoms with van der Waals surface area (Å²) in [5, 5.41) is -0.730. The minimum Gasteiger partial charge on any atom is -0.497 e. The second-order valence-electron chi connectivity index (χ2n) is 10.3. The number of benzene rings is 4. The van der Waals surface area contributed by atoms with Crippen molar-refractivity contribution in [1.82, 2.24) is 0 Å². The van der Waals surface area contributed by atoms with Crippen LogP contribution in [0.2, 0.25) is 0 Å². The zero-order valence-electron chi connectivity index (χ0n) is 25.9. The molecule has 2 unspecified atom stereocenters. The first-order valence-corrected chi connectivity index (χ1v) is 15.7. The van der Waals surface area contributed by atoms with Gasteiger partial charge in [0.25, 0.3) is 0 Å². The summed E-state index contributed by atoms with van der Waals surface area (Å²) in [5.74, 6) is 0.0365. The van der Waals surface area contributed by atoms with Crippen LogP contribution in [0.4, 0.5) is 52.7 Å². The van der Waals surface area contributed by atoms with Crippen molar-refractivity contribution in [3.63, 3.8) is 0 Å². The van der Waals surface area contributed by atoms with E-state index in [4.69, 9.17) is 18.9 Å². The third-order valence-corrected chi connectivity index (χ3v) is 9.53. The first-order chi connectivity index (χ1) is 23.1. The van der Waals surface area contributed by atoms with Crippen molar-refractivity contribution in [2.45, 2.75) is 24.7 Å². The first kappa shape index (κ1) is 38.9. The smallest absolute Gasteiger partial charge is 0.416 e. The summed E-state index contributed by atoms with van der Waals surface area (Å²) >= 11 is 0.